The van der Waals surface area contributed by atoms with E-state index >= 15 is 0 Å². The maximum atomic E-state index is 13.4. The van der Waals surface area contributed by atoms with Crippen LogP contribution in [0, 0.1) is 5.82 Å². The number of carbonyl (C=O) groups excluding carboxylic acids is 1. The molecule has 2 aromatic heterocycles. The van der Waals surface area contributed by atoms with Crippen LogP contribution in [0.5, 0.6) is 11.6 Å². The van der Waals surface area contributed by atoms with Gasteiger partial charge in [0.2, 0.25) is 11.8 Å². The molecule has 0 spiro atoms. The number of fused-ring (bicyclic) bond motifs is 1. The summed E-state index contributed by atoms with van der Waals surface area (Å²) in [5, 5.41) is 4.50. The lowest BCUT2D eigenvalue weighted by Gasteiger charge is -2.11. The van der Waals surface area contributed by atoms with Crippen LogP contribution in [-0.2, 0) is 17.9 Å². The van der Waals surface area contributed by atoms with Gasteiger partial charge in [0.25, 0.3) is 0 Å². The van der Waals surface area contributed by atoms with E-state index in [0.717, 1.165) is 10.9 Å². The van der Waals surface area contributed by atoms with E-state index in [4.69, 9.17) is 16.3 Å². The Bertz CT molecular complexity index is 1180. The molecule has 2 aromatic carbocycles. The number of pyridine rings is 1. The van der Waals surface area contributed by atoms with Crippen LogP contribution >= 0.6 is 11.6 Å². The van der Waals surface area contributed by atoms with E-state index in [1.54, 1.807) is 30.5 Å². The van der Waals surface area contributed by atoms with Crippen LogP contribution in [0.15, 0.2) is 73.1 Å². The topological polar surface area (TPSA) is 56.2 Å². The molecule has 4 rings (SSSR count). The van der Waals surface area contributed by atoms with Gasteiger partial charge < -0.3 is 14.6 Å². The van der Waals surface area contributed by atoms with Crippen molar-refractivity contribution in [2.75, 3.05) is 0 Å². The average Bonchev–Trinajstić information content (AvgIpc) is 3.09. The van der Waals surface area contributed by atoms with Gasteiger partial charge in [-0.3, -0.25) is 4.79 Å². The summed E-state index contributed by atoms with van der Waals surface area (Å²) in [5.74, 6) is 0.0962. The number of rotatable bonds is 6. The first-order valence-corrected chi connectivity index (χ1v) is 9.35. The molecule has 2 heterocycles. The molecule has 4 aromatic rings. The fourth-order valence-corrected chi connectivity index (χ4v) is 3.16. The number of hydrogen-bond acceptors (Lipinski definition) is 3. The molecule has 0 aliphatic rings. The number of aromatic nitrogens is 2. The summed E-state index contributed by atoms with van der Waals surface area (Å²) in [6.45, 7) is 0.390. The standard InChI is InChI=1S/C22H17ClFN3O2/c23-17-7-6-15-8-10-27(20(15)11-17)14-21(28)26-13-16-3-2-9-25-22(16)29-19-5-1-4-18(24)12-19/h1-12H,13-14H2,(H,26,28). The molecule has 0 aliphatic carbocycles. The number of ether oxygens (including phenoxy) is 1. The minimum Gasteiger partial charge on any atom is -0.439 e. The molecule has 0 atom stereocenters. The van der Waals surface area contributed by atoms with Crippen molar-refractivity contribution in [2.45, 2.75) is 13.1 Å². The highest BCUT2D eigenvalue weighted by Gasteiger charge is 2.10. The summed E-state index contributed by atoms with van der Waals surface area (Å²) >= 11 is 6.06. The van der Waals surface area contributed by atoms with Gasteiger partial charge in [0.05, 0.1) is 0 Å². The molecule has 0 saturated heterocycles. The second-order valence-corrected chi connectivity index (χ2v) is 6.89. The molecular weight excluding hydrogens is 393 g/mol. The lowest BCUT2D eigenvalue weighted by Crippen LogP contribution is -2.27. The van der Waals surface area contributed by atoms with Gasteiger partial charge in [0.15, 0.2) is 0 Å². The van der Waals surface area contributed by atoms with Crippen molar-refractivity contribution in [2.24, 2.45) is 0 Å². The van der Waals surface area contributed by atoms with E-state index in [2.05, 4.69) is 10.3 Å². The Morgan fingerprint density at radius 1 is 1.14 bits per heavy atom. The molecule has 0 aliphatic heterocycles. The van der Waals surface area contributed by atoms with Crippen LogP contribution in [0.2, 0.25) is 5.02 Å². The van der Waals surface area contributed by atoms with Crippen molar-refractivity contribution in [3.05, 3.63) is 89.5 Å². The smallest absolute Gasteiger partial charge is 0.240 e. The second-order valence-electron chi connectivity index (χ2n) is 6.45. The number of carbonyl (C=O) groups is 1. The average molecular weight is 410 g/mol. The fourth-order valence-electron chi connectivity index (χ4n) is 2.99. The summed E-state index contributed by atoms with van der Waals surface area (Å²) in [5.41, 5.74) is 1.58. The lowest BCUT2D eigenvalue weighted by atomic mass is 10.2. The lowest BCUT2D eigenvalue weighted by molar-refractivity contribution is -0.121. The van der Waals surface area contributed by atoms with Gasteiger partial charge in [-0.25, -0.2) is 9.37 Å². The Morgan fingerprint density at radius 2 is 2.03 bits per heavy atom. The summed E-state index contributed by atoms with van der Waals surface area (Å²) in [6.07, 6.45) is 3.43. The van der Waals surface area contributed by atoms with Crippen LogP contribution in [0.1, 0.15) is 5.56 Å². The zero-order valence-corrected chi connectivity index (χ0v) is 16.1. The highest BCUT2D eigenvalue weighted by Crippen LogP contribution is 2.23. The van der Waals surface area contributed by atoms with Crippen LogP contribution in [-0.4, -0.2) is 15.5 Å². The van der Waals surface area contributed by atoms with Gasteiger partial charge in [-0.2, -0.15) is 0 Å². The highest BCUT2D eigenvalue weighted by molar-refractivity contribution is 6.31. The molecule has 29 heavy (non-hydrogen) atoms. The zero-order valence-electron chi connectivity index (χ0n) is 15.3. The molecular formula is C22H17ClFN3O2. The van der Waals surface area contributed by atoms with Gasteiger partial charge in [-0.1, -0.05) is 29.8 Å². The third-order valence-electron chi connectivity index (χ3n) is 4.39. The van der Waals surface area contributed by atoms with Gasteiger partial charge in [-0.05, 0) is 41.8 Å². The Hall–Kier alpha value is -3.38. The molecule has 0 unspecified atom stereocenters. The SMILES string of the molecule is O=C(Cn1ccc2ccc(Cl)cc21)NCc1cccnc1Oc1cccc(F)c1. The first-order chi connectivity index (χ1) is 14.1. The number of hydrogen-bond donors (Lipinski definition) is 1. The quantitative estimate of drug-likeness (QED) is 0.491. The van der Waals surface area contributed by atoms with E-state index in [1.165, 1.54) is 12.1 Å². The monoisotopic (exact) mass is 409 g/mol. The fraction of sp³-hybridized carbons (Fsp3) is 0.0909. The van der Waals surface area contributed by atoms with Crippen LogP contribution in [0.25, 0.3) is 10.9 Å². The third-order valence-corrected chi connectivity index (χ3v) is 4.62. The van der Waals surface area contributed by atoms with Crippen molar-refractivity contribution in [1.29, 1.82) is 0 Å². The largest absolute Gasteiger partial charge is 0.439 e. The van der Waals surface area contributed by atoms with E-state index in [1.807, 2.05) is 35.0 Å². The van der Waals surface area contributed by atoms with E-state index in [9.17, 15) is 9.18 Å². The predicted molar refractivity (Wildman–Crippen MR) is 110 cm³/mol. The minimum absolute atomic E-state index is 0.157. The number of benzene rings is 2. The summed E-state index contributed by atoms with van der Waals surface area (Å²) in [6, 6.07) is 16.9. The zero-order chi connectivity index (χ0) is 20.2. The normalized spacial score (nSPS) is 10.8. The van der Waals surface area contributed by atoms with Crippen molar-refractivity contribution >= 4 is 28.4 Å². The molecule has 5 nitrogen and oxygen atoms in total. The molecule has 1 amide bonds. The molecule has 0 saturated carbocycles. The van der Waals surface area contributed by atoms with Gasteiger partial charge >= 0.3 is 0 Å². The highest BCUT2D eigenvalue weighted by atomic mass is 35.5. The van der Waals surface area contributed by atoms with E-state index in [0.29, 0.717) is 22.2 Å². The van der Waals surface area contributed by atoms with Gasteiger partial charge in [0, 0.05) is 41.1 Å². The van der Waals surface area contributed by atoms with E-state index < -0.39 is 5.82 Å². The Kier molecular flexibility index (Phi) is 5.44. The van der Waals surface area contributed by atoms with Crippen molar-refractivity contribution in [3.63, 3.8) is 0 Å². The Balaban J connectivity index is 1.43. The minimum atomic E-state index is -0.396. The first-order valence-electron chi connectivity index (χ1n) is 8.97. The first kappa shape index (κ1) is 19.0. The summed E-state index contributed by atoms with van der Waals surface area (Å²) < 4.78 is 20.9. The number of amides is 1. The van der Waals surface area contributed by atoms with Crippen LogP contribution in [0.4, 0.5) is 4.39 Å². The molecule has 1 N–H and O–H groups in total. The van der Waals surface area contributed by atoms with Crippen molar-refractivity contribution < 1.29 is 13.9 Å². The van der Waals surface area contributed by atoms with Crippen LogP contribution in [0.3, 0.4) is 0 Å². The molecule has 0 radical (unpaired) electrons. The van der Waals surface area contributed by atoms with Gasteiger partial charge in [-0.15, -0.1) is 0 Å². The number of nitrogens with zero attached hydrogens (tertiary/aromatic N) is 2. The van der Waals surface area contributed by atoms with Crippen molar-refractivity contribution in [3.8, 4) is 11.6 Å². The molecule has 0 bridgehead atoms. The number of nitrogens with one attached hydrogen (secondary N) is 1. The second kappa shape index (κ2) is 8.32. The molecule has 0 fully saturated rings. The maximum absolute atomic E-state index is 13.4. The summed E-state index contributed by atoms with van der Waals surface area (Å²) in [7, 11) is 0. The summed E-state index contributed by atoms with van der Waals surface area (Å²) in [4.78, 5) is 16.6. The van der Waals surface area contributed by atoms with Crippen LogP contribution < -0.4 is 10.1 Å². The van der Waals surface area contributed by atoms with E-state index in [-0.39, 0.29) is 19.0 Å². The Labute approximate surface area is 171 Å². The third kappa shape index (κ3) is 4.55. The number of halogens is 2. The van der Waals surface area contributed by atoms with Gasteiger partial charge in [0.1, 0.15) is 18.1 Å². The maximum Gasteiger partial charge on any atom is 0.240 e. The predicted octanol–water partition coefficient (Wildman–Crippen LogP) is 4.94. The van der Waals surface area contributed by atoms with Crippen molar-refractivity contribution in [1.82, 2.24) is 14.9 Å². The molecule has 7 heteroatoms. The molecule has 146 valence electrons. The Morgan fingerprint density at radius 3 is 2.90 bits per heavy atom.